The molecular weight excluding hydrogens is 136 g/mol. The first-order valence-corrected chi connectivity index (χ1v) is 4.71. The van der Waals surface area contributed by atoms with Gasteiger partial charge in [0.15, 0.2) is 0 Å². The summed E-state index contributed by atoms with van der Waals surface area (Å²) in [5, 5.41) is 9.61. The molecule has 3 aliphatic carbocycles. The maximum absolute atomic E-state index is 9.61. The monoisotopic (exact) mass is 154 g/mol. The van der Waals surface area contributed by atoms with Crippen LogP contribution in [0.15, 0.2) is 0 Å². The minimum atomic E-state index is -0.00762. The Kier molecular flexibility index (Phi) is 1.39. The van der Waals surface area contributed by atoms with Crippen LogP contribution in [0.25, 0.3) is 0 Å². The van der Waals surface area contributed by atoms with Gasteiger partial charge in [-0.15, -0.1) is 0 Å². The highest BCUT2D eigenvalue weighted by atomic mass is 16.3. The van der Waals surface area contributed by atoms with Gasteiger partial charge in [0, 0.05) is 0 Å². The fourth-order valence-electron chi connectivity index (χ4n) is 3.12. The van der Waals surface area contributed by atoms with E-state index >= 15 is 0 Å². The van der Waals surface area contributed by atoms with Gasteiger partial charge < -0.3 is 5.11 Å². The molecule has 3 rings (SSSR count). The van der Waals surface area contributed by atoms with Crippen LogP contribution in [-0.4, -0.2) is 11.2 Å². The van der Waals surface area contributed by atoms with Gasteiger partial charge in [-0.1, -0.05) is 20.8 Å². The lowest BCUT2D eigenvalue weighted by atomic mass is 9.45. The summed E-state index contributed by atoms with van der Waals surface area (Å²) >= 11 is 0. The average molecular weight is 154 g/mol. The molecule has 0 radical (unpaired) electrons. The van der Waals surface area contributed by atoms with Gasteiger partial charge in [0.2, 0.25) is 0 Å². The summed E-state index contributed by atoms with van der Waals surface area (Å²) in [7, 11) is 0. The van der Waals surface area contributed by atoms with Crippen LogP contribution in [0.1, 0.15) is 33.6 Å². The second kappa shape index (κ2) is 2.01. The molecule has 0 amide bonds. The summed E-state index contributed by atoms with van der Waals surface area (Å²) in [6.07, 6.45) is 2.40. The Morgan fingerprint density at radius 2 is 1.91 bits per heavy atom. The Morgan fingerprint density at radius 1 is 1.27 bits per heavy atom. The third kappa shape index (κ3) is 0.807. The van der Waals surface area contributed by atoms with Crippen molar-refractivity contribution >= 4 is 0 Å². The Balaban J connectivity index is 2.17. The van der Waals surface area contributed by atoms with E-state index in [4.69, 9.17) is 0 Å². The second-order valence-corrected chi connectivity index (χ2v) is 5.02. The molecule has 1 N–H and O–H groups in total. The van der Waals surface area contributed by atoms with Crippen LogP contribution in [0.3, 0.4) is 0 Å². The summed E-state index contributed by atoms with van der Waals surface area (Å²) in [6.45, 7) is 6.91. The van der Waals surface area contributed by atoms with Crippen LogP contribution in [0.2, 0.25) is 0 Å². The van der Waals surface area contributed by atoms with Crippen LogP contribution in [-0.2, 0) is 0 Å². The van der Waals surface area contributed by atoms with Crippen LogP contribution < -0.4 is 0 Å². The van der Waals surface area contributed by atoms with Crippen molar-refractivity contribution < 1.29 is 5.11 Å². The largest absolute Gasteiger partial charge is 0.393 e. The molecule has 3 fully saturated rings. The minimum absolute atomic E-state index is 0.00762. The zero-order chi connectivity index (χ0) is 8.22. The van der Waals surface area contributed by atoms with Crippen LogP contribution in [0.4, 0.5) is 0 Å². The number of aliphatic hydroxyl groups is 1. The fraction of sp³-hybridized carbons (Fsp3) is 1.00. The topological polar surface area (TPSA) is 20.2 Å². The Labute approximate surface area is 68.8 Å². The molecule has 3 aliphatic rings. The van der Waals surface area contributed by atoms with E-state index in [0.717, 1.165) is 18.3 Å². The third-order valence-corrected chi connectivity index (χ3v) is 4.31. The Bertz CT molecular complexity index is 174. The molecule has 3 saturated carbocycles. The third-order valence-electron chi connectivity index (χ3n) is 4.31. The van der Waals surface area contributed by atoms with E-state index in [1.807, 2.05) is 0 Å². The molecule has 1 nitrogen and oxygen atoms in total. The first-order chi connectivity index (χ1) is 5.03. The van der Waals surface area contributed by atoms with E-state index in [1.54, 1.807) is 0 Å². The normalized spacial score (nSPS) is 53.5. The van der Waals surface area contributed by atoms with E-state index < -0.39 is 0 Å². The molecule has 0 aromatic rings. The van der Waals surface area contributed by atoms with E-state index in [1.165, 1.54) is 6.42 Å². The standard InChI is InChI=1S/C10H18O/c1-6-8-4-7(5-9(6)11)10(8,2)3/h6-9,11H,4-5H2,1-3H3/t6-,7+,8-,9-/m0/s1. The molecule has 0 aliphatic heterocycles. The first kappa shape index (κ1) is 7.60. The van der Waals surface area contributed by atoms with Crippen molar-refractivity contribution in [2.24, 2.45) is 23.2 Å². The van der Waals surface area contributed by atoms with Crippen LogP contribution >= 0.6 is 0 Å². The molecule has 0 aromatic carbocycles. The molecule has 64 valence electrons. The SMILES string of the molecule is C[C@@H]1[C@@H](O)C[C@H]2C[C@@H]1C2(C)C. The molecule has 0 unspecified atom stereocenters. The van der Waals surface area contributed by atoms with Crippen molar-refractivity contribution in [3.63, 3.8) is 0 Å². The van der Waals surface area contributed by atoms with Crippen LogP contribution in [0.5, 0.6) is 0 Å². The molecule has 4 atom stereocenters. The lowest BCUT2D eigenvalue weighted by molar-refractivity contribution is -0.154. The molecule has 0 spiro atoms. The zero-order valence-electron chi connectivity index (χ0n) is 7.67. The van der Waals surface area contributed by atoms with Gasteiger partial charge >= 0.3 is 0 Å². The van der Waals surface area contributed by atoms with Crippen molar-refractivity contribution in [1.29, 1.82) is 0 Å². The number of fused-ring (bicyclic) bond motifs is 2. The lowest BCUT2D eigenvalue weighted by Crippen LogP contribution is -2.56. The Hall–Kier alpha value is -0.0400. The van der Waals surface area contributed by atoms with E-state index in [-0.39, 0.29) is 6.10 Å². The fourth-order valence-corrected chi connectivity index (χ4v) is 3.12. The molecule has 2 bridgehead atoms. The first-order valence-electron chi connectivity index (χ1n) is 4.71. The molecule has 11 heavy (non-hydrogen) atoms. The Morgan fingerprint density at radius 3 is 2.27 bits per heavy atom. The van der Waals surface area contributed by atoms with Gasteiger partial charge in [-0.25, -0.2) is 0 Å². The molecule has 0 saturated heterocycles. The predicted molar refractivity (Wildman–Crippen MR) is 45.2 cm³/mol. The van der Waals surface area contributed by atoms with Crippen molar-refractivity contribution in [3.8, 4) is 0 Å². The van der Waals surface area contributed by atoms with Gasteiger partial charge in [0.1, 0.15) is 0 Å². The highest BCUT2D eigenvalue weighted by molar-refractivity contribution is 5.04. The summed E-state index contributed by atoms with van der Waals surface area (Å²) < 4.78 is 0. The van der Waals surface area contributed by atoms with Gasteiger partial charge in [0.05, 0.1) is 6.10 Å². The van der Waals surface area contributed by atoms with Crippen LogP contribution in [0, 0.1) is 23.2 Å². The lowest BCUT2D eigenvalue weighted by Gasteiger charge is -2.61. The summed E-state index contributed by atoms with van der Waals surface area (Å²) in [5.41, 5.74) is 0.526. The van der Waals surface area contributed by atoms with Crippen molar-refractivity contribution in [2.45, 2.75) is 39.7 Å². The molecule has 0 aromatic heterocycles. The van der Waals surface area contributed by atoms with E-state index in [9.17, 15) is 5.11 Å². The van der Waals surface area contributed by atoms with Crippen molar-refractivity contribution in [2.75, 3.05) is 0 Å². The van der Waals surface area contributed by atoms with Gasteiger partial charge in [0.25, 0.3) is 0 Å². The quantitative estimate of drug-likeness (QED) is 0.566. The zero-order valence-corrected chi connectivity index (χ0v) is 7.67. The van der Waals surface area contributed by atoms with Crippen molar-refractivity contribution in [3.05, 3.63) is 0 Å². The number of aliphatic hydroxyl groups excluding tert-OH is 1. The average Bonchev–Trinajstić information content (AvgIpc) is 1.93. The van der Waals surface area contributed by atoms with Gasteiger partial charge in [-0.05, 0) is 36.0 Å². The maximum Gasteiger partial charge on any atom is 0.0571 e. The molecular formula is C10H18O. The smallest absolute Gasteiger partial charge is 0.0571 e. The summed E-state index contributed by atoms with van der Waals surface area (Å²) in [5.74, 6) is 2.13. The summed E-state index contributed by atoms with van der Waals surface area (Å²) in [6, 6.07) is 0. The molecule has 0 heterocycles. The number of hydrogen-bond donors (Lipinski definition) is 1. The highest BCUT2D eigenvalue weighted by Gasteiger charge is 2.55. The second-order valence-electron chi connectivity index (χ2n) is 5.02. The van der Waals surface area contributed by atoms with E-state index in [2.05, 4.69) is 20.8 Å². The predicted octanol–water partition coefficient (Wildman–Crippen LogP) is 2.05. The van der Waals surface area contributed by atoms with E-state index in [0.29, 0.717) is 11.3 Å². The highest BCUT2D eigenvalue weighted by Crippen LogP contribution is 2.61. The van der Waals surface area contributed by atoms with Gasteiger partial charge in [-0.3, -0.25) is 0 Å². The minimum Gasteiger partial charge on any atom is -0.393 e. The molecule has 1 heteroatoms. The number of hydrogen-bond acceptors (Lipinski definition) is 1. The van der Waals surface area contributed by atoms with Crippen molar-refractivity contribution in [1.82, 2.24) is 0 Å². The maximum atomic E-state index is 9.61. The summed E-state index contributed by atoms with van der Waals surface area (Å²) in [4.78, 5) is 0. The van der Waals surface area contributed by atoms with Gasteiger partial charge in [-0.2, -0.15) is 0 Å². The number of rotatable bonds is 0.